The molecular weight excluding hydrogens is 386 g/mol. The minimum absolute atomic E-state index is 0.000217. The largest absolute Gasteiger partial charge is 0.444 e. The van der Waals surface area contributed by atoms with Crippen molar-refractivity contribution in [3.8, 4) is 11.4 Å². The maximum atomic E-state index is 12.0. The van der Waals surface area contributed by atoms with Crippen LogP contribution in [0.25, 0.3) is 11.4 Å². The number of carbonyl (C=O) groups excluding carboxylic acids is 1. The molecule has 160 valence electrons. The van der Waals surface area contributed by atoms with Crippen LogP contribution in [0.15, 0.2) is 30.3 Å². The number of carbonyl (C=O) groups is 1. The molecule has 1 aromatic carbocycles. The van der Waals surface area contributed by atoms with Crippen molar-refractivity contribution in [3.05, 3.63) is 46.1 Å². The number of anilines is 1. The minimum Gasteiger partial charge on any atom is -0.444 e. The molecule has 1 aliphatic heterocycles. The number of nitro benzene ring substituents is 1. The van der Waals surface area contributed by atoms with Crippen LogP contribution >= 0.6 is 0 Å². The Balaban J connectivity index is 1.79. The van der Waals surface area contributed by atoms with Gasteiger partial charge in [-0.2, -0.15) is 0 Å². The standard InChI is InChI=1S/C21H27N5O4/c1-14-11-18(24-19(23-14)15-7-5-8-16(12-15)26(28)29)25-10-6-9-17(25)13-22-20(27)30-21(2,3)4/h5,7-8,11-12,17H,6,9-10,13H2,1-4H3,(H,22,27). The third-order valence-electron chi connectivity index (χ3n) is 4.71. The van der Waals surface area contributed by atoms with Crippen molar-refractivity contribution in [2.24, 2.45) is 0 Å². The molecule has 1 N–H and O–H groups in total. The van der Waals surface area contributed by atoms with Crippen molar-refractivity contribution in [3.63, 3.8) is 0 Å². The van der Waals surface area contributed by atoms with Crippen LogP contribution in [-0.2, 0) is 4.74 Å². The Morgan fingerprint density at radius 3 is 2.80 bits per heavy atom. The molecule has 1 saturated heterocycles. The summed E-state index contributed by atoms with van der Waals surface area (Å²) in [4.78, 5) is 34.0. The number of rotatable bonds is 5. The number of benzene rings is 1. The van der Waals surface area contributed by atoms with Gasteiger partial charge in [-0.3, -0.25) is 10.1 Å². The number of nitrogens with one attached hydrogen (secondary N) is 1. The van der Waals surface area contributed by atoms with E-state index >= 15 is 0 Å². The van der Waals surface area contributed by atoms with Crippen molar-refractivity contribution in [2.45, 2.75) is 52.2 Å². The zero-order valence-electron chi connectivity index (χ0n) is 17.7. The van der Waals surface area contributed by atoms with Crippen molar-refractivity contribution >= 4 is 17.6 Å². The summed E-state index contributed by atoms with van der Waals surface area (Å²) in [6, 6.07) is 8.29. The predicted molar refractivity (Wildman–Crippen MR) is 113 cm³/mol. The number of aromatic nitrogens is 2. The second kappa shape index (κ2) is 8.64. The maximum absolute atomic E-state index is 12.0. The number of hydrogen-bond donors (Lipinski definition) is 1. The van der Waals surface area contributed by atoms with E-state index in [1.54, 1.807) is 12.1 Å². The van der Waals surface area contributed by atoms with Crippen LogP contribution in [0.2, 0.25) is 0 Å². The Bertz CT molecular complexity index is 941. The quantitative estimate of drug-likeness (QED) is 0.585. The van der Waals surface area contributed by atoms with Crippen LogP contribution in [0, 0.1) is 17.0 Å². The first-order valence-electron chi connectivity index (χ1n) is 9.96. The summed E-state index contributed by atoms with van der Waals surface area (Å²) < 4.78 is 5.32. The van der Waals surface area contributed by atoms with Gasteiger partial charge in [0.25, 0.3) is 5.69 Å². The van der Waals surface area contributed by atoms with Crippen molar-refractivity contribution < 1.29 is 14.5 Å². The Kier molecular flexibility index (Phi) is 6.19. The number of aryl methyl sites for hydroxylation is 1. The molecule has 2 aromatic rings. The van der Waals surface area contributed by atoms with E-state index in [1.807, 2.05) is 33.8 Å². The van der Waals surface area contributed by atoms with Crippen molar-refractivity contribution in [1.82, 2.24) is 15.3 Å². The number of alkyl carbamates (subject to hydrolysis) is 1. The Morgan fingerprint density at radius 1 is 1.33 bits per heavy atom. The lowest BCUT2D eigenvalue weighted by Crippen LogP contribution is -2.42. The smallest absolute Gasteiger partial charge is 0.407 e. The van der Waals surface area contributed by atoms with Gasteiger partial charge in [0.05, 0.1) is 4.92 Å². The topological polar surface area (TPSA) is 110 Å². The third kappa shape index (κ3) is 5.43. The summed E-state index contributed by atoms with van der Waals surface area (Å²) in [5.41, 5.74) is 0.819. The molecule has 0 radical (unpaired) electrons. The highest BCUT2D eigenvalue weighted by Crippen LogP contribution is 2.28. The van der Waals surface area contributed by atoms with Gasteiger partial charge in [0.15, 0.2) is 5.82 Å². The van der Waals surface area contributed by atoms with Gasteiger partial charge < -0.3 is 15.0 Å². The summed E-state index contributed by atoms with van der Waals surface area (Å²) in [5, 5.41) is 13.9. The first-order chi connectivity index (χ1) is 14.1. The lowest BCUT2D eigenvalue weighted by atomic mass is 10.2. The van der Waals surface area contributed by atoms with E-state index in [4.69, 9.17) is 4.74 Å². The molecule has 0 spiro atoms. The molecule has 9 heteroatoms. The second-order valence-corrected chi connectivity index (χ2v) is 8.37. The van der Waals surface area contributed by atoms with Crippen LogP contribution in [-0.4, -0.2) is 45.7 Å². The predicted octanol–water partition coefficient (Wildman–Crippen LogP) is 3.85. The first kappa shape index (κ1) is 21.5. The molecule has 1 aromatic heterocycles. The molecule has 30 heavy (non-hydrogen) atoms. The molecule has 1 atom stereocenters. The summed E-state index contributed by atoms with van der Waals surface area (Å²) in [7, 11) is 0. The highest BCUT2D eigenvalue weighted by molar-refractivity contribution is 5.68. The average Bonchev–Trinajstić information content (AvgIpc) is 3.13. The van der Waals surface area contributed by atoms with E-state index in [-0.39, 0.29) is 11.7 Å². The fraction of sp³-hybridized carbons (Fsp3) is 0.476. The van der Waals surface area contributed by atoms with E-state index in [1.165, 1.54) is 12.1 Å². The van der Waals surface area contributed by atoms with E-state index in [9.17, 15) is 14.9 Å². The summed E-state index contributed by atoms with van der Waals surface area (Å²) in [5.74, 6) is 1.19. The van der Waals surface area contributed by atoms with Gasteiger partial charge in [-0.1, -0.05) is 12.1 Å². The number of non-ortho nitro benzene ring substituents is 1. The molecule has 1 unspecified atom stereocenters. The summed E-state index contributed by atoms with van der Waals surface area (Å²) >= 11 is 0. The Labute approximate surface area is 175 Å². The van der Waals surface area contributed by atoms with Crippen LogP contribution in [0.3, 0.4) is 0 Å². The Hall–Kier alpha value is -3.23. The first-order valence-corrected chi connectivity index (χ1v) is 9.96. The van der Waals surface area contributed by atoms with Crippen LogP contribution in [0.5, 0.6) is 0 Å². The molecule has 0 bridgehead atoms. The van der Waals surface area contributed by atoms with Crippen LogP contribution in [0.1, 0.15) is 39.3 Å². The molecule has 9 nitrogen and oxygen atoms in total. The SMILES string of the molecule is Cc1cc(N2CCCC2CNC(=O)OC(C)(C)C)nc(-c2cccc([N+](=O)[O-])c2)n1. The van der Waals surface area contributed by atoms with Crippen molar-refractivity contribution in [2.75, 3.05) is 18.0 Å². The second-order valence-electron chi connectivity index (χ2n) is 8.37. The zero-order valence-corrected chi connectivity index (χ0v) is 17.7. The molecular formula is C21H27N5O4. The van der Waals surface area contributed by atoms with Gasteiger partial charge in [0.1, 0.15) is 11.4 Å². The fourth-order valence-electron chi connectivity index (χ4n) is 3.45. The molecule has 0 saturated carbocycles. The molecule has 3 rings (SSSR count). The van der Waals surface area contributed by atoms with Gasteiger partial charge in [0.2, 0.25) is 0 Å². The lowest BCUT2D eigenvalue weighted by Gasteiger charge is -2.27. The maximum Gasteiger partial charge on any atom is 0.407 e. The van der Waals surface area contributed by atoms with Gasteiger partial charge in [-0.25, -0.2) is 14.8 Å². The minimum atomic E-state index is -0.545. The van der Waals surface area contributed by atoms with Crippen LogP contribution < -0.4 is 10.2 Å². The van der Waals surface area contributed by atoms with E-state index in [0.717, 1.165) is 30.9 Å². The van der Waals surface area contributed by atoms with Gasteiger partial charge in [0, 0.05) is 48.6 Å². The molecule has 0 aliphatic carbocycles. The van der Waals surface area contributed by atoms with Gasteiger partial charge in [-0.05, 0) is 40.5 Å². The monoisotopic (exact) mass is 413 g/mol. The van der Waals surface area contributed by atoms with E-state index in [0.29, 0.717) is 17.9 Å². The highest BCUT2D eigenvalue weighted by atomic mass is 16.6. The Morgan fingerprint density at radius 2 is 2.10 bits per heavy atom. The van der Waals surface area contributed by atoms with Gasteiger partial charge >= 0.3 is 6.09 Å². The molecule has 1 amide bonds. The number of hydrogen-bond acceptors (Lipinski definition) is 7. The van der Waals surface area contributed by atoms with E-state index < -0.39 is 16.6 Å². The van der Waals surface area contributed by atoms with Gasteiger partial charge in [-0.15, -0.1) is 0 Å². The molecule has 2 heterocycles. The lowest BCUT2D eigenvalue weighted by molar-refractivity contribution is -0.384. The normalized spacial score (nSPS) is 16.4. The summed E-state index contributed by atoms with van der Waals surface area (Å²) in [6.45, 7) is 8.61. The zero-order chi connectivity index (χ0) is 21.9. The molecule has 1 fully saturated rings. The van der Waals surface area contributed by atoms with E-state index in [2.05, 4.69) is 20.2 Å². The molecule has 1 aliphatic rings. The summed E-state index contributed by atoms with van der Waals surface area (Å²) in [6.07, 6.45) is 1.46. The van der Waals surface area contributed by atoms with Crippen molar-refractivity contribution in [1.29, 1.82) is 0 Å². The highest BCUT2D eigenvalue weighted by Gasteiger charge is 2.27. The number of amides is 1. The number of nitro groups is 1. The fourth-order valence-corrected chi connectivity index (χ4v) is 3.45. The third-order valence-corrected chi connectivity index (χ3v) is 4.71. The van der Waals surface area contributed by atoms with Crippen LogP contribution in [0.4, 0.5) is 16.3 Å². The number of nitrogens with zero attached hydrogens (tertiary/aromatic N) is 4. The average molecular weight is 413 g/mol. The number of ether oxygens (including phenoxy) is 1.